The third-order valence-electron chi connectivity index (χ3n) is 10.3. The summed E-state index contributed by atoms with van der Waals surface area (Å²) in [6.45, 7) is -1.03. The van der Waals surface area contributed by atoms with Crippen molar-refractivity contribution in [3.8, 4) is 0 Å². The Bertz CT molecular complexity index is 2710. The van der Waals surface area contributed by atoms with Crippen LogP contribution in [0.3, 0.4) is 0 Å². The highest BCUT2D eigenvalue weighted by Gasteiger charge is 3.03. The van der Waals surface area contributed by atoms with Crippen molar-refractivity contribution >= 4 is 35.4 Å². The number of isocyanates is 2. The Morgan fingerprint density at radius 1 is 0.390 bits per heavy atom. The predicted molar refractivity (Wildman–Crippen MR) is 170 cm³/mol. The number of alkyl halides is 41. The topological polar surface area (TPSA) is 114 Å². The molecule has 0 saturated heterocycles. The largest absolute Gasteiger partial charge is 0.460 e. The molecule has 82 heavy (non-hydrogen) atoms. The maximum absolute atomic E-state index is 15.8. The summed E-state index contributed by atoms with van der Waals surface area (Å²) in [6, 6.07) is -0.511. The fourth-order valence-electron chi connectivity index (χ4n) is 5.61. The molecule has 1 aromatic rings. The number of hydrogen-bond acceptors (Lipinski definition) is 7. The molecule has 0 aromatic heterocycles. The van der Waals surface area contributed by atoms with Gasteiger partial charge in [0.1, 0.15) is 11.4 Å². The van der Waals surface area contributed by atoms with Gasteiger partial charge in [0.25, 0.3) is 5.91 Å². The minimum absolute atomic E-state index is 0.00716. The van der Waals surface area contributed by atoms with Gasteiger partial charge in [-0.25, -0.2) is 9.59 Å². The molecule has 1 N–H and O–H groups in total. The van der Waals surface area contributed by atoms with Gasteiger partial charge in [-0.2, -0.15) is 190 Å². The van der Waals surface area contributed by atoms with Crippen molar-refractivity contribution < 1.29 is 204 Å². The van der Waals surface area contributed by atoms with Crippen molar-refractivity contribution in [3.05, 3.63) is 22.8 Å². The fraction of sp³-hybridized carbons (Fsp3) is 0.697. The lowest BCUT2D eigenvalue weighted by Crippen LogP contribution is -2.80. The molecule has 0 atom stereocenters. The number of carbonyl (C=O) groups is 2. The number of ether oxygens (including phenoxy) is 1. The monoisotopic (exact) mass is 1310 g/mol. The smallest absolute Gasteiger partial charge is 0.445 e. The van der Waals surface area contributed by atoms with E-state index in [0.717, 1.165) is 5.32 Å². The lowest BCUT2D eigenvalue weighted by molar-refractivity contribution is -0.495. The molecular formula is C33H10F41N3O5. The maximum atomic E-state index is 15.8. The van der Waals surface area contributed by atoms with E-state index in [2.05, 4.69) is 9.73 Å². The third kappa shape index (κ3) is 9.22. The Hall–Kier alpha value is -5.95. The maximum Gasteiger partial charge on any atom is 0.460 e. The molecule has 49 heteroatoms. The number of aliphatic imine (C=N–C) groups is 2. The minimum atomic E-state index is -10.8. The fourth-order valence-corrected chi connectivity index (χ4v) is 5.61. The lowest BCUT2D eigenvalue weighted by atomic mass is 9.81. The molecule has 0 aliphatic heterocycles. The Morgan fingerprint density at radius 3 is 0.829 bits per heavy atom. The Morgan fingerprint density at radius 2 is 0.610 bits per heavy atom. The molecule has 0 aliphatic rings. The highest BCUT2D eigenvalue weighted by molar-refractivity contribution is 5.99. The van der Waals surface area contributed by atoms with Crippen LogP contribution in [-0.2, 0) is 25.0 Å². The van der Waals surface area contributed by atoms with Gasteiger partial charge in [0.15, 0.2) is 6.73 Å². The van der Waals surface area contributed by atoms with E-state index >= 15 is 26.3 Å². The molecule has 0 bridgehead atoms. The van der Waals surface area contributed by atoms with Crippen LogP contribution < -0.4 is 5.32 Å². The molecule has 0 saturated carbocycles. The van der Waals surface area contributed by atoms with Crippen molar-refractivity contribution in [3.63, 3.8) is 0 Å². The first-order valence-electron chi connectivity index (χ1n) is 18.4. The Balaban J connectivity index is 4.37. The summed E-state index contributed by atoms with van der Waals surface area (Å²) in [7, 11) is 0. The average molecular weight is 1310 g/mol. The molecule has 474 valence electrons. The normalized spacial score (nSPS) is 15.6. The van der Waals surface area contributed by atoms with Gasteiger partial charge in [0.05, 0.1) is 11.1 Å². The number of hydrogen-bond donors (Lipinski definition) is 1. The summed E-state index contributed by atoms with van der Waals surface area (Å²) in [5, 5.41) is 1.02. The van der Waals surface area contributed by atoms with Gasteiger partial charge in [0, 0.05) is 6.92 Å². The van der Waals surface area contributed by atoms with E-state index in [9.17, 15) is 173 Å². The van der Waals surface area contributed by atoms with Gasteiger partial charge in [0.2, 0.25) is 12.2 Å². The van der Waals surface area contributed by atoms with E-state index in [1.54, 1.807) is 0 Å². The lowest BCUT2D eigenvalue weighted by Gasteiger charge is -2.47. The second-order valence-electron chi connectivity index (χ2n) is 15.4. The van der Waals surface area contributed by atoms with Crippen molar-refractivity contribution in [1.29, 1.82) is 0 Å². The van der Waals surface area contributed by atoms with E-state index in [4.69, 9.17) is 0 Å². The van der Waals surface area contributed by atoms with Crippen LogP contribution in [0.2, 0.25) is 0 Å². The number of amides is 1. The molecule has 0 aliphatic carbocycles. The first kappa shape index (κ1) is 74.1. The summed E-state index contributed by atoms with van der Waals surface area (Å²) < 4.78 is 586. The van der Waals surface area contributed by atoms with Crippen molar-refractivity contribution in [2.24, 2.45) is 9.98 Å². The average Bonchev–Trinajstić information content (AvgIpc) is 3.28. The SMILES string of the molecule is CC(=O)OCNC(=O)c1cc(C)c(N=C=O)c(N=C=O)c1C(F)(F)C(F)(F)C(F)(F)C(F)(F)C(F)(F)C(F)(F)C(F)(F)C(F)(F)C(F)(F)C(F)(F)C(F)(F)C(F)(F)C(F)(F)C(F)(F)C(F)(F)C(F)(F)C(F)(F)C(F)(F)C(F)(F)C(F)(F)F. The molecule has 1 amide bonds. The first-order valence-corrected chi connectivity index (χ1v) is 18.4. The van der Waals surface area contributed by atoms with Gasteiger partial charge in [-0.1, -0.05) is 0 Å². The number of esters is 1. The molecule has 0 spiro atoms. The Labute approximate surface area is 417 Å². The zero-order valence-corrected chi connectivity index (χ0v) is 36.7. The highest BCUT2D eigenvalue weighted by Crippen LogP contribution is 2.72. The van der Waals surface area contributed by atoms with E-state index in [0.29, 0.717) is 13.8 Å². The molecule has 8 nitrogen and oxygen atoms in total. The number of benzene rings is 1. The second-order valence-corrected chi connectivity index (χ2v) is 15.4. The van der Waals surface area contributed by atoms with Crippen molar-refractivity contribution in [2.75, 3.05) is 6.73 Å². The number of rotatable bonds is 24. The number of halogens is 41. The van der Waals surface area contributed by atoms with Crippen LogP contribution >= 0.6 is 0 Å². The Kier molecular flexibility index (Phi) is 18.2. The summed E-state index contributed by atoms with van der Waals surface area (Å²) in [5.41, 5.74) is -12.6. The van der Waals surface area contributed by atoms with Gasteiger partial charge < -0.3 is 10.1 Å². The predicted octanol–water partition coefficient (Wildman–Crippen LogP) is 14.3. The molecule has 0 heterocycles. The van der Waals surface area contributed by atoms with Crippen LogP contribution in [0, 0.1) is 6.92 Å². The van der Waals surface area contributed by atoms with Gasteiger partial charge >= 0.3 is 125 Å². The quantitative estimate of drug-likeness (QED) is 0.0364. The van der Waals surface area contributed by atoms with E-state index in [-0.39, 0.29) is 12.2 Å². The van der Waals surface area contributed by atoms with Crippen LogP contribution in [0.5, 0.6) is 0 Å². The molecule has 1 aromatic carbocycles. The van der Waals surface area contributed by atoms with Gasteiger partial charge in [-0.15, -0.1) is 0 Å². The van der Waals surface area contributed by atoms with E-state index in [1.807, 2.05) is 4.99 Å². The molecule has 0 unspecified atom stereocenters. The van der Waals surface area contributed by atoms with Crippen LogP contribution in [0.25, 0.3) is 0 Å². The highest BCUT2D eigenvalue weighted by atomic mass is 19.4. The molecule has 0 radical (unpaired) electrons. The van der Waals surface area contributed by atoms with Gasteiger partial charge in [-0.05, 0) is 18.6 Å². The van der Waals surface area contributed by atoms with Crippen LogP contribution in [0.4, 0.5) is 191 Å². The van der Waals surface area contributed by atoms with Crippen LogP contribution in [0.15, 0.2) is 16.1 Å². The molecule has 0 fully saturated rings. The van der Waals surface area contributed by atoms with Crippen molar-refractivity contribution in [1.82, 2.24) is 5.32 Å². The minimum Gasteiger partial charge on any atom is -0.445 e. The van der Waals surface area contributed by atoms with Crippen LogP contribution in [0.1, 0.15) is 28.4 Å². The third-order valence-corrected chi connectivity index (χ3v) is 10.3. The van der Waals surface area contributed by atoms with Crippen molar-refractivity contribution in [2.45, 2.75) is 133 Å². The summed E-state index contributed by atoms with van der Waals surface area (Å²) in [6.07, 6.45) is -8.33. The summed E-state index contributed by atoms with van der Waals surface area (Å²) >= 11 is 0. The molecule has 1 rings (SSSR count). The number of aryl methyl sites for hydroxylation is 1. The van der Waals surface area contributed by atoms with Crippen LogP contribution in [-0.4, -0.2) is 144 Å². The second kappa shape index (κ2) is 20.1. The number of nitrogens with zero attached hydrogens (tertiary/aromatic N) is 2. The zero-order chi connectivity index (χ0) is 66.7. The first-order chi connectivity index (χ1) is 35.4. The standard InChI is InChI=1S/C33H10F41N3O5/c1-7-3-9(13(81)77-6-82-8(2)80)10(12(76-5-79)11(7)75-4-78)14(34,35)15(36,37)16(38,39)17(40,41)18(42,43)19(44,45)20(46,47)21(48,49)22(50,51)23(52,53)24(54,55)25(56,57)26(58,59)27(60,61)28(62,63)29(64,65)30(66,67)31(68,69)32(70,71)33(72,73)74/h3H,6H2,1-2H3,(H,77,81). The summed E-state index contributed by atoms with van der Waals surface area (Å²) in [5.74, 6) is -197. The number of carbonyl (C=O) groups excluding carboxylic acids is 4. The summed E-state index contributed by atoms with van der Waals surface area (Å²) in [4.78, 5) is 49.7. The zero-order valence-electron chi connectivity index (χ0n) is 36.7. The van der Waals surface area contributed by atoms with Gasteiger partial charge in [-0.3, -0.25) is 9.59 Å². The van der Waals surface area contributed by atoms with E-state index in [1.165, 1.54) is 0 Å². The van der Waals surface area contributed by atoms with E-state index < -0.39 is 171 Å². The molecular weight excluding hydrogens is 1300 g/mol. The number of nitrogens with one attached hydrogen (secondary N) is 1.